The smallest absolute Gasteiger partial charge is 0.301 e. The van der Waals surface area contributed by atoms with Crippen molar-refractivity contribution >= 4 is 39.1 Å². The molecule has 0 unspecified atom stereocenters. The van der Waals surface area contributed by atoms with Gasteiger partial charge in [-0.05, 0) is 36.4 Å². The van der Waals surface area contributed by atoms with Gasteiger partial charge in [-0.3, -0.25) is 10.2 Å². The Bertz CT molecular complexity index is 1060. The van der Waals surface area contributed by atoms with Crippen LogP contribution < -0.4 is 15.0 Å². The van der Waals surface area contributed by atoms with Crippen LogP contribution in [0.2, 0.25) is 10.0 Å². The van der Waals surface area contributed by atoms with Crippen LogP contribution in [0.4, 0.5) is 0 Å². The van der Waals surface area contributed by atoms with Gasteiger partial charge < -0.3 is 9.15 Å². The van der Waals surface area contributed by atoms with E-state index in [2.05, 4.69) is 5.43 Å². The van der Waals surface area contributed by atoms with E-state index in [0.717, 1.165) is 0 Å². The van der Waals surface area contributed by atoms with Crippen molar-refractivity contribution in [2.24, 2.45) is 0 Å². The van der Waals surface area contributed by atoms with Crippen molar-refractivity contribution in [3.8, 4) is 5.75 Å². The van der Waals surface area contributed by atoms with E-state index in [4.69, 9.17) is 32.4 Å². The standard InChI is InChI=1S/C18H14Cl2N2O5S/c19-14-7-4-8-15(20)17(14)28(24,25)22-21-18(23)16-10-9-13(27-16)11-26-12-5-2-1-3-6-12/h1-10,22H,11H2,(H,21,23). The molecule has 0 atom stereocenters. The number of amides is 1. The largest absolute Gasteiger partial charge is 0.486 e. The van der Waals surface area contributed by atoms with Crippen LogP contribution in [0, 0.1) is 0 Å². The molecule has 0 radical (unpaired) electrons. The summed E-state index contributed by atoms with van der Waals surface area (Å²) in [6.07, 6.45) is 0. The van der Waals surface area contributed by atoms with E-state index in [1.165, 1.54) is 24.3 Å². The first-order valence-corrected chi connectivity index (χ1v) is 10.1. The number of hydrogen-bond acceptors (Lipinski definition) is 5. The van der Waals surface area contributed by atoms with E-state index in [-0.39, 0.29) is 27.3 Å². The summed E-state index contributed by atoms with van der Waals surface area (Å²) in [6, 6.07) is 16.3. The minimum Gasteiger partial charge on any atom is -0.486 e. The van der Waals surface area contributed by atoms with Crippen molar-refractivity contribution in [1.82, 2.24) is 10.3 Å². The lowest BCUT2D eigenvalue weighted by Crippen LogP contribution is -2.41. The van der Waals surface area contributed by atoms with Gasteiger partial charge >= 0.3 is 5.91 Å². The first-order valence-electron chi connectivity index (χ1n) is 7.89. The Morgan fingerprint density at radius 1 is 0.964 bits per heavy atom. The van der Waals surface area contributed by atoms with E-state index in [1.807, 2.05) is 23.0 Å². The summed E-state index contributed by atoms with van der Waals surface area (Å²) in [5.74, 6) is 0.151. The predicted octanol–water partition coefficient (Wildman–Crippen LogP) is 3.79. The van der Waals surface area contributed by atoms with Gasteiger partial charge in [0, 0.05) is 0 Å². The van der Waals surface area contributed by atoms with E-state index in [0.29, 0.717) is 11.5 Å². The predicted molar refractivity (Wildman–Crippen MR) is 104 cm³/mol. The summed E-state index contributed by atoms with van der Waals surface area (Å²) in [4.78, 5) is 13.7. The third-order valence-electron chi connectivity index (χ3n) is 3.50. The molecule has 0 spiro atoms. The average molecular weight is 441 g/mol. The van der Waals surface area contributed by atoms with Crippen LogP contribution >= 0.6 is 23.2 Å². The maximum Gasteiger partial charge on any atom is 0.301 e. The van der Waals surface area contributed by atoms with Crippen molar-refractivity contribution in [3.63, 3.8) is 0 Å². The number of halogens is 2. The van der Waals surface area contributed by atoms with Crippen molar-refractivity contribution in [2.75, 3.05) is 0 Å². The summed E-state index contributed by atoms with van der Waals surface area (Å²) in [5, 5.41) is -0.153. The van der Waals surface area contributed by atoms with Gasteiger partial charge in [0.2, 0.25) is 0 Å². The van der Waals surface area contributed by atoms with Crippen LogP contribution in [0.15, 0.2) is 70.0 Å². The highest BCUT2D eigenvalue weighted by molar-refractivity contribution is 7.89. The number of ether oxygens (including phenoxy) is 1. The van der Waals surface area contributed by atoms with E-state index >= 15 is 0 Å². The number of carbonyl (C=O) groups excluding carboxylic acids is 1. The first-order chi connectivity index (χ1) is 13.4. The van der Waals surface area contributed by atoms with Crippen LogP contribution in [0.1, 0.15) is 16.3 Å². The van der Waals surface area contributed by atoms with Gasteiger partial charge in [-0.1, -0.05) is 47.5 Å². The van der Waals surface area contributed by atoms with Crippen LogP contribution in [-0.2, 0) is 16.6 Å². The molecule has 0 fully saturated rings. The Morgan fingerprint density at radius 2 is 1.64 bits per heavy atom. The topological polar surface area (TPSA) is 97.6 Å². The molecule has 10 heteroatoms. The Kier molecular flexibility index (Phi) is 6.25. The number of hydrogen-bond donors (Lipinski definition) is 2. The van der Waals surface area contributed by atoms with E-state index in [1.54, 1.807) is 18.2 Å². The number of rotatable bonds is 7. The van der Waals surface area contributed by atoms with Gasteiger partial charge in [0.25, 0.3) is 10.0 Å². The Balaban J connectivity index is 1.62. The molecule has 2 N–H and O–H groups in total. The normalized spacial score (nSPS) is 11.2. The minimum absolute atomic E-state index is 0.0763. The summed E-state index contributed by atoms with van der Waals surface area (Å²) >= 11 is 11.8. The van der Waals surface area contributed by atoms with Crippen LogP contribution in [0.25, 0.3) is 0 Å². The van der Waals surface area contributed by atoms with Gasteiger partial charge in [0.05, 0.1) is 10.0 Å². The second-order valence-electron chi connectivity index (χ2n) is 5.48. The number of hydrazine groups is 1. The maximum atomic E-state index is 12.3. The molecule has 0 aliphatic heterocycles. The fraction of sp³-hybridized carbons (Fsp3) is 0.0556. The highest BCUT2D eigenvalue weighted by Gasteiger charge is 2.23. The molecule has 0 saturated carbocycles. The number of para-hydroxylation sites is 1. The molecule has 0 aliphatic carbocycles. The lowest BCUT2D eigenvalue weighted by atomic mass is 10.3. The van der Waals surface area contributed by atoms with Crippen molar-refractivity contribution in [3.05, 3.63) is 82.2 Å². The number of sulfonamides is 1. The lowest BCUT2D eigenvalue weighted by Gasteiger charge is -2.10. The Labute approximate surface area is 171 Å². The number of nitrogens with one attached hydrogen (secondary N) is 2. The average Bonchev–Trinajstić information content (AvgIpc) is 3.14. The van der Waals surface area contributed by atoms with Gasteiger partial charge in [-0.15, -0.1) is 4.83 Å². The van der Waals surface area contributed by atoms with Crippen molar-refractivity contribution in [2.45, 2.75) is 11.5 Å². The molecule has 1 heterocycles. The van der Waals surface area contributed by atoms with E-state index < -0.39 is 15.9 Å². The molecule has 28 heavy (non-hydrogen) atoms. The highest BCUT2D eigenvalue weighted by atomic mass is 35.5. The maximum absolute atomic E-state index is 12.3. The molecule has 1 aromatic heterocycles. The van der Waals surface area contributed by atoms with Crippen LogP contribution in [-0.4, -0.2) is 14.3 Å². The number of benzene rings is 2. The summed E-state index contributed by atoms with van der Waals surface area (Å²) in [6.45, 7) is 0.109. The lowest BCUT2D eigenvalue weighted by molar-refractivity contribution is 0.0913. The van der Waals surface area contributed by atoms with Crippen LogP contribution in [0.5, 0.6) is 5.75 Å². The quantitative estimate of drug-likeness (QED) is 0.544. The molecule has 1 amide bonds. The number of furan rings is 1. The molecule has 0 aliphatic rings. The molecule has 146 valence electrons. The van der Waals surface area contributed by atoms with Gasteiger partial charge in [0.15, 0.2) is 5.76 Å². The second-order valence-corrected chi connectivity index (χ2v) is 7.91. The summed E-state index contributed by atoms with van der Waals surface area (Å²) < 4.78 is 35.5. The molecule has 0 bridgehead atoms. The Morgan fingerprint density at radius 3 is 2.32 bits per heavy atom. The fourth-order valence-electron chi connectivity index (χ4n) is 2.21. The zero-order valence-corrected chi connectivity index (χ0v) is 16.5. The van der Waals surface area contributed by atoms with Crippen molar-refractivity contribution < 1.29 is 22.4 Å². The summed E-state index contributed by atoms with van der Waals surface area (Å²) in [5.41, 5.74) is 2.05. The van der Waals surface area contributed by atoms with Gasteiger partial charge in [0.1, 0.15) is 23.0 Å². The third-order valence-corrected chi connectivity index (χ3v) is 5.70. The molecule has 0 saturated heterocycles. The van der Waals surface area contributed by atoms with Gasteiger partial charge in [-0.25, -0.2) is 8.42 Å². The molecule has 3 aromatic rings. The molecule has 3 rings (SSSR count). The summed E-state index contributed by atoms with van der Waals surface area (Å²) in [7, 11) is -4.18. The molecule has 2 aromatic carbocycles. The first kappa shape index (κ1) is 20.2. The molecular weight excluding hydrogens is 427 g/mol. The Hall–Kier alpha value is -2.52. The zero-order valence-electron chi connectivity index (χ0n) is 14.2. The van der Waals surface area contributed by atoms with Crippen molar-refractivity contribution in [1.29, 1.82) is 0 Å². The minimum atomic E-state index is -4.18. The zero-order chi connectivity index (χ0) is 20.1. The molecular formula is C18H14Cl2N2O5S. The monoisotopic (exact) mass is 440 g/mol. The van der Waals surface area contributed by atoms with Gasteiger partial charge in [-0.2, -0.15) is 0 Å². The number of carbonyl (C=O) groups is 1. The highest BCUT2D eigenvalue weighted by Crippen LogP contribution is 2.28. The van der Waals surface area contributed by atoms with Crippen LogP contribution in [0.3, 0.4) is 0 Å². The molecule has 7 nitrogen and oxygen atoms in total. The SMILES string of the molecule is O=C(NNS(=O)(=O)c1c(Cl)cccc1Cl)c1ccc(COc2ccccc2)o1. The fourth-order valence-corrected chi connectivity index (χ4v) is 4.20. The van der Waals surface area contributed by atoms with E-state index in [9.17, 15) is 13.2 Å². The third kappa shape index (κ3) is 4.85. The second kappa shape index (κ2) is 8.66.